The van der Waals surface area contributed by atoms with Crippen LogP contribution in [0.3, 0.4) is 0 Å². The lowest BCUT2D eigenvalue weighted by Gasteiger charge is -2.32. The van der Waals surface area contributed by atoms with Crippen molar-refractivity contribution < 1.29 is 22.7 Å². The van der Waals surface area contributed by atoms with Crippen molar-refractivity contribution in [2.75, 3.05) is 0 Å². The monoisotopic (exact) mass is 429 g/mol. The van der Waals surface area contributed by atoms with Crippen molar-refractivity contribution >= 4 is 5.97 Å². The second kappa shape index (κ2) is 11.7. The Hall–Kier alpha value is -1.56. The molecule has 3 nitrogen and oxygen atoms in total. The predicted octanol–water partition coefficient (Wildman–Crippen LogP) is 6.51. The van der Waals surface area contributed by atoms with E-state index >= 15 is 0 Å². The molecule has 2 N–H and O–H groups in total. The van der Waals surface area contributed by atoms with Crippen LogP contribution in [0, 0.1) is 0 Å². The first-order valence-electron chi connectivity index (χ1n) is 11.0. The highest BCUT2D eigenvalue weighted by atomic mass is 19.4. The number of nitrogens with two attached hydrogens (primary N) is 1. The highest BCUT2D eigenvalue weighted by molar-refractivity contribution is 5.81. The zero-order valence-electron chi connectivity index (χ0n) is 18.9. The lowest BCUT2D eigenvalue weighted by molar-refractivity contribution is -0.179. The molecule has 0 saturated carbocycles. The van der Waals surface area contributed by atoms with Gasteiger partial charge in [-0.1, -0.05) is 69.7 Å². The zero-order valence-corrected chi connectivity index (χ0v) is 18.9. The Balaban J connectivity index is 2.68. The fraction of sp³-hybridized carbons (Fsp3) is 0.708. The third-order valence-electron chi connectivity index (χ3n) is 4.93. The number of benzene rings is 1. The highest BCUT2D eigenvalue weighted by Gasteiger charge is 2.47. The van der Waals surface area contributed by atoms with E-state index in [0.29, 0.717) is 5.56 Å². The fourth-order valence-corrected chi connectivity index (χ4v) is 3.42. The largest absolute Gasteiger partial charge is 0.459 e. The van der Waals surface area contributed by atoms with Crippen molar-refractivity contribution in [3.05, 3.63) is 35.4 Å². The summed E-state index contributed by atoms with van der Waals surface area (Å²) in [5.41, 5.74) is 4.64. The Bertz CT molecular complexity index is 635. The summed E-state index contributed by atoms with van der Waals surface area (Å²) in [6.45, 7) is 7.03. The van der Waals surface area contributed by atoms with Crippen LogP contribution in [0.15, 0.2) is 24.3 Å². The first-order chi connectivity index (χ1) is 13.8. The molecular weight excluding hydrogens is 391 g/mol. The Labute approximate surface area is 179 Å². The van der Waals surface area contributed by atoms with E-state index in [4.69, 9.17) is 10.5 Å². The van der Waals surface area contributed by atoms with Gasteiger partial charge in [0.05, 0.1) is 6.42 Å². The number of carbonyl (C=O) groups excluding carboxylic acids is 1. The van der Waals surface area contributed by atoms with Crippen molar-refractivity contribution in [2.24, 2.45) is 5.73 Å². The van der Waals surface area contributed by atoms with Gasteiger partial charge in [-0.05, 0) is 44.7 Å². The molecule has 0 aliphatic heterocycles. The topological polar surface area (TPSA) is 52.3 Å². The van der Waals surface area contributed by atoms with E-state index in [1.165, 1.54) is 38.5 Å². The van der Waals surface area contributed by atoms with E-state index in [1.54, 1.807) is 32.9 Å². The van der Waals surface area contributed by atoms with Gasteiger partial charge >= 0.3 is 12.1 Å². The van der Waals surface area contributed by atoms with E-state index in [2.05, 4.69) is 6.92 Å². The molecule has 0 fully saturated rings. The Morgan fingerprint density at radius 3 is 1.90 bits per heavy atom. The molecule has 0 spiro atoms. The number of aryl methyl sites for hydroxylation is 1. The number of alkyl halides is 3. The summed E-state index contributed by atoms with van der Waals surface area (Å²) in [6.07, 6.45) is 3.35. The summed E-state index contributed by atoms with van der Waals surface area (Å²) < 4.78 is 44.5. The molecule has 0 bridgehead atoms. The van der Waals surface area contributed by atoms with Gasteiger partial charge in [-0.25, -0.2) is 0 Å². The Kier molecular flexibility index (Phi) is 10.4. The Morgan fingerprint density at radius 1 is 0.900 bits per heavy atom. The van der Waals surface area contributed by atoms with Gasteiger partial charge in [0.2, 0.25) is 0 Å². The molecule has 6 heteroatoms. The van der Waals surface area contributed by atoms with Crippen LogP contribution < -0.4 is 5.73 Å². The zero-order chi connectivity index (χ0) is 22.8. The van der Waals surface area contributed by atoms with Gasteiger partial charge in [-0.15, -0.1) is 0 Å². The molecule has 1 aromatic carbocycles. The van der Waals surface area contributed by atoms with Crippen molar-refractivity contribution in [3.8, 4) is 0 Å². The maximum atomic E-state index is 13.1. The van der Waals surface area contributed by atoms with E-state index in [-0.39, 0.29) is 6.42 Å². The number of carbonyl (C=O) groups is 1. The molecule has 0 aromatic heterocycles. The van der Waals surface area contributed by atoms with Crippen molar-refractivity contribution in [2.45, 2.75) is 109 Å². The van der Waals surface area contributed by atoms with Gasteiger partial charge in [-0.3, -0.25) is 4.79 Å². The molecule has 1 rings (SSSR count). The minimum absolute atomic E-state index is 0.223. The summed E-state index contributed by atoms with van der Waals surface area (Å²) in [5.74, 6) is -1.03. The standard InChI is InChI=1S/C24H38F3NO2/c1-5-6-7-8-9-10-11-12-19-13-15-20(16-14-19)17-23(28,18-24(25,26)27)21(29)30-22(2,3)4/h13-16H,5-12,17-18,28H2,1-4H3/t23-/m0/s1. The van der Waals surface area contributed by atoms with Gasteiger partial charge in [0.1, 0.15) is 11.1 Å². The van der Waals surface area contributed by atoms with Gasteiger partial charge in [-0.2, -0.15) is 13.2 Å². The van der Waals surface area contributed by atoms with Crippen LogP contribution in [0.1, 0.15) is 90.2 Å². The molecule has 1 atom stereocenters. The molecule has 0 amide bonds. The SMILES string of the molecule is CCCCCCCCCc1ccc(C[C@](N)(CC(F)(F)F)C(=O)OC(C)(C)C)cc1. The van der Waals surface area contributed by atoms with E-state index in [0.717, 1.165) is 18.4 Å². The van der Waals surface area contributed by atoms with E-state index in [9.17, 15) is 18.0 Å². The van der Waals surface area contributed by atoms with Crippen molar-refractivity contribution in [1.29, 1.82) is 0 Å². The lowest BCUT2D eigenvalue weighted by Crippen LogP contribution is -2.55. The summed E-state index contributed by atoms with van der Waals surface area (Å²) in [6, 6.07) is 7.35. The minimum atomic E-state index is -4.57. The van der Waals surface area contributed by atoms with E-state index < -0.39 is 29.7 Å². The van der Waals surface area contributed by atoms with Crippen LogP contribution in [0.5, 0.6) is 0 Å². The van der Waals surface area contributed by atoms with Crippen LogP contribution in [-0.2, 0) is 22.4 Å². The van der Waals surface area contributed by atoms with Crippen LogP contribution in [0.2, 0.25) is 0 Å². The molecule has 0 heterocycles. The van der Waals surface area contributed by atoms with Gasteiger partial charge in [0.25, 0.3) is 0 Å². The fourth-order valence-electron chi connectivity index (χ4n) is 3.42. The molecule has 1 aromatic rings. The molecule has 0 aliphatic carbocycles. The molecule has 30 heavy (non-hydrogen) atoms. The first-order valence-corrected chi connectivity index (χ1v) is 11.0. The molecule has 0 aliphatic rings. The van der Waals surface area contributed by atoms with Gasteiger partial charge in [0, 0.05) is 6.42 Å². The third-order valence-corrected chi connectivity index (χ3v) is 4.93. The summed E-state index contributed by atoms with van der Waals surface area (Å²) in [4.78, 5) is 12.5. The normalized spacial score (nSPS) is 14.4. The summed E-state index contributed by atoms with van der Waals surface area (Å²) in [7, 11) is 0. The molecular formula is C24H38F3NO2. The Morgan fingerprint density at radius 2 is 1.40 bits per heavy atom. The van der Waals surface area contributed by atoms with Crippen LogP contribution in [0.4, 0.5) is 13.2 Å². The smallest absolute Gasteiger partial charge is 0.391 e. The number of esters is 1. The van der Waals surface area contributed by atoms with E-state index in [1.807, 2.05) is 12.1 Å². The van der Waals surface area contributed by atoms with Gasteiger partial charge < -0.3 is 10.5 Å². The minimum Gasteiger partial charge on any atom is -0.459 e. The average Bonchev–Trinajstić information content (AvgIpc) is 2.59. The second-order valence-electron chi connectivity index (χ2n) is 9.31. The van der Waals surface area contributed by atoms with Gasteiger partial charge in [0.15, 0.2) is 0 Å². The third kappa shape index (κ3) is 11.0. The average molecular weight is 430 g/mol. The van der Waals surface area contributed by atoms with Crippen LogP contribution >= 0.6 is 0 Å². The van der Waals surface area contributed by atoms with Crippen LogP contribution in [0.25, 0.3) is 0 Å². The lowest BCUT2D eigenvalue weighted by atomic mass is 9.87. The molecule has 0 radical (unpaired) electrons. The summed E-state index contributed by atoms with van der Waals surface area (Å²) in [5, 5.41) is 0. The maximum absolute atomic E-state index is 13.1. The van der Waals surface area contributed by atoms with Crippen LogP contribution in [-0.4, -0.2) is 23.3 Å². The molecule has 172 valence electrons. The molecule has 0 unspecified atom stereocenters. The van der Waals surface area contributed by atoms with Crippen molar-refractivity contribution in [3.63, 3.8) is 0 Å². The number of halogens is 3. The van der Waals surface area contributed by atoms with Crippen molar-refractivity contribution in [1.82, 2.24) is 0 Å². The predicted molar refractivity (Wildman–Crippen MR) is 115 cm³/mol. The number of unbranched alkanes of at least 4 members (excludes halogenated alkanes) is 6. The highest BCUT2D eigenvalue weighted by Crippen LogP contribution is 2.31. The number of ether oxygens (including phenoxy) is 1. The summed E-state index contributed by atoms with van der Waals surface area (Å²) >= 11 is 0. The number of hydrogen-bond donors (Lipinski definition) is 1. The quantitative estimate of drug-likeness (QED) is 0.304. The number of hydrogen-bond acceptors (Lipinski definition) is 3. The number of rotatable bonds is 12. The first kappa shape index (κ1) is 26.5. The second-order valence-corrected chi connectivity index (χ2v) is 9.31. The molecule has 0 saturated heterocycles. The maximum Gasteiger partial charge on any atom is 0.391 e.